The Balaban J connectivity index is 1.90. The van der Waals surface area contributed by atoms with Crippen molar-refractivity contribution in [1.82, 2.24) is 0 Å². The Labute approximate surface area is 161 Å². The monoisotopic (exact) mass is 377 g/mol. The largest absolute Gasteiger partial charge is 0.278 e. The van der Waals surface area contributed by atoms with E-state index < -0.39 is 4.92 Å². The predicted octanol–water partition coefficient (Wildman–Crippen LogP) is 5.78. The van der Waals surface area contributed by atoms with Crippen LogP contribution in [0.1, 0.15) is 11.1 Å². The second-order valence-electron chi connectivity index (χ2n) is 5.66. The van der Waals surface area contributed by atoms with Crippen LogP contribution in [-0.2, 0) is 0 Å². The maximum absolute atomic E-state index is 10.9. The van der Waals surface area contributed by atoms with Crippen LogP contribution in [0.3, 0.4) is 0 Å². The van der Waals surface area contributed by atoms with Gasteiger partial charge in [0.15, 0.2) is 0 Å². The molecular formula is C21H16ClN3O2. The van der Waals surface area contributed by atoms with Gasteiger partial charge >= 0.3 is 0 Å². The Bertz CT molecular complexity index is 967. The van der Waals surface area contributed by atoms with Crippen molar-refractivity contribution >= 4 is 34.8 Å². The quantitative estimate of drug-likeness (QED) is 0.336. The number of benzene rings is 3. The molecule has 0 aliphatic carbocycles. The van der Waals surface area contributed by atoms with Crippen LogP contribution in [-0.4, -0.2) is 10.6 Å². The molecule has 6 heteroatoms. The molecule has 0 saturated heterocycles. The van der Waals surface area contributed by atoms with E-state index in [-0.39, 0.29) is 5.69 Å². The lowest BCUT2D eigenvalue weighted by atomic mass is 10.1. The third kappa shape index (κ3) is 5.26. The van der Waals surface area contributed by atoms with Crippen LogP contribution in [0.25, 0.3) is 6.08 Å². The number of para-hydroxylation sites is 1. The summed E-state index contributed by atoms with van der Waals surface area (Å²) < 4.78 is 0. The molecule has 0 aliphatic heterocycles. The van der Waals surface area contributed by atoms with Gasteiger partial charge in [-0.3, -0.25) is 15.5 Å². The van der Waals surface area contributed by atoms with Crippen LogP contribution in [0, 0.1) is 10.1 Å². The lowest BCUT2D eigenvalue weighted by molar-refractivity contribution is -0.384. The Morgan fingerprint density at radius 1 is 0.963 bits per heavy atom. The maximum Gasteiger partial charge on any atom is 0.269 e. The highest BCUT2D eigenvalue weighted by molar-refractivity contribution is 6.30. The number of hydrazone groups is 1. The van der Waals surface area contributed by atoms with Crippen molar-refractivity contribution < 1.29 is 4.92 Å². The molecule has 0 aliphatic rings. The molecule has 0 heterocycles. The van der Waals surface area contributed by atoms with E-state index in [2.05, 4.69) is 10.5 Å². The van der Waals surface area contributed by atoms with E-state index in [1.165, 1.54) is 12.1 Å². The summed E-state index contributed by atoms with van der Waals surface area (Å²) in [6.07, 6.45) is 3.75. The normalized spacial score (nSPS) is 11.5. The highest BCUT2D eigenvalue weighted by Gasteiger charge is 2.07. The number of allylic oxidation sites excluding steroid dienone is 1. The van der Waals surface area contributed by atoms with E-state index >= 15 is 0 Å². The van der Waals surface area contributed by atoms with Crippen molar-refractivity contribution in [3.8, 4) is 0 Å². The van der Waals surface area contributed by atoms with Gasteiger partial charge in [-0.2, -0.15) is 5.10 Å². The van der Waals surface area contributed by atoms with E-state index in [1.807, 2.05) is 66.7 Å². The van der Waals surface area contributed by atoms with Gasteiger partial charge in [-0.1, -0.05) is 48.0 Å². The summed E-state index contributed by atoms with van der Waals surface area (Å²) in [5, 5.41) is 16.0. The van der Waals surface area contributed by atoms with Crippen molar-refractivity contribution in [1.29, 1.82) is 0 Å². The number of nitro benzene ring substituents is 1. The first-order valence-corrected chi connectivity index (χ1v) is 8.57. The zero-order valence-corrected chi connectivity index (χ0v) is 15.0. The maximum atomic E-state index is 10.9. The zero-order chi connectivity index (χ0) is 19.1. The third-order valence-corrected chi connectivity index (χ3v) is 4.01. The van der Waals surface area contributed by atoms with Crippen LogP contribution >= 0.6 is 11.6 Å². The summed E-state index contributed by atoms with van der Waals surface area (Å²) in [7, 11) is 0. The summed E-state index contributed by atoms with van der Waals surface area (Å²) in [5.41, 5.74) is 6.26. The van der Waals surface area contributed by atoms with E-state index in [0.29, 0.717) is 10.7 Å². The minimum atomic E-state index is -0.424. The van der Waals surface area contributed by atoms with Gasteiger partial charge in [-0.25, -0.2) is 0 Å². The molecule has 0 radical (unpaired) electrons. The van der Waals surface area contributed by atoms with Crippen molar-refractivity contribution in [3.63, 3.8) is 0 Å². The average Bonchev–Trinajstić information content (AvgIpc) is 2.70. The summed E-state index contributed by atoms with van der Waals surface area (Å²) in [4.78, 5) is 10.4. The number of non-ortho nitro benzene ring substituents is 1. The molecular weight excluding hydrogens is 362 g/mol. The lowest BCUT2D eigenvalue weighted by Crippen LogP contribution is -2.02. The molecule has 3 aromatic rings. The van der Waals surface area contributed by atoms with Crippen molar-refractivity contribution in [2.75, 3.05) is 5.43 Å². The first kappa shape index (κ1) is 18.4. The van der Waals surface area contributed by atoms with Gasteiger partial charge < -0.3 is 0 Å². The molecule has 0 bridgehead atoms. The number of nitro groups is 1. The van der Waals surface area contributed by atoms with Crippen LogP contribution in [0.15, 0.2) is 90.0 Å². The summed E-state index contributed by atoms with van der Waals surface area (Å²) >= 11 is 5.92. The van der Waals surface area contributed by atoms with E-state index in [0.717, 1.165) is 16.8 Å². The Kier molecular flexibility index (Phi) is 5.97. The molecule has 0 saturated carbocycles. The highest BCUT2D eigenvalue weighted by atomic mass is 35.5. The number of nitrogens with one attached hydrogen (secondary N) is 1. The number of rotatable bonds is 6. The molecule has 0 spiro atoms. The standard InChI is InChI=1S/C21H16ClN3O2/c22-18-11-6-16(7-12-18)8-15-21(24-23-19-4-2-1-3-5-19)17-9-13-20(14-10-17)25(26)27/h1-15,23H/b15-8+,24-21-. The third-order valence-electron chi connectivity index (χ3n) is 3.76. The van der Waals surface area contributed by atoms with Crippen LogP contribution in [0.2, 0.25) is 5.02 Å². The fraction of sp³-hybridized carbons (Fsp3) is 0. The van der Waals surface area contributed by atoms with Crippen molar-refractivity contribution in [3.05, 3.63) is 111 Å². The number of anilines is 1. The van der Waals surface area contributed by atoms with Gasteiger partial charge in [0.2, 0.25) is 0 Å². The minimum absolute atomic E-state index is 0.0378. The average molecular weight is 378 g/mol. The molecule has 1 N–H and O–H groups in total. The summed E-state index contributed by atoms with van der Waals surface area (Å²) in [6.45, 7) is 0. The molecule has 0 atom stereocenters. The summed E-state index contributed by atoms with van der Waals surface area (Å²) in [6, 6.07) is 23.2. The van der Waals surface area contributed by atoms with Gasteiger partial charge in [-0.05, 0) is 48.0 Å². The molecule has 27 heavy (non-hydrogen) atoms. The molecule has 3 aromatic carbocycles. The van der Waals surface area contributed by atoms with Gasteiger partial charge in [0.05, 0.1) is 16.3 Å². The molecule has 0 aromatic heterocycles. The summed E-state index contributed by atoms with van der Waals surface area (Å²) in [5.74, 6) is 0. The van der Waals surface area contributed by atoms with Crippen LogP contribution in [0.4, 0.5) is 11.4 Å². The molecule has 0 fully saturated rings. The second kappa shape index (κ2) is 8.78. The van der Waals surface area contributed by atoms with E-state index in [4.69, 9.17) is 11.6 Å². The molecule has 3 rings (SSSR count). The van der Waals surface area contributed by atoms with Gasteiger partial charge in [0.1, 0.15) is 0 Å². The molecule has 0 unspecified atom stereocenters. The van der Waals surface area contributed by atoms with E-state index in [1.54, 1.807) is 12.1 Å². The first-order chi connectivity index (χ1) is 13.1. The second-order valence-corrected chi connectivity index (χ2v) is 6.10. The minimum Gasteiger partial charge on any atom is -0.278 e. The Morgan fingerprint density at radius 2 is 1.63 bits per heavy atom. The first-order valence-electron chi connectivity index (χ1n) is 8.19. The van der Waals surface area contributed by atoms with Crippen molar-refractivity contribution in [2.45, 2.75) is 0 Å². The SMILES string of the molecule is O=[N+]([O-])c1ccc(C(/C=C/c2ccc(Cl)cc2)=N\Nc2ccccc2)cc1. The van der Waals surface area contributed by atoms with E-state index in [9.17, 15) is 10.1 Å². The smallest absolute Gasteiger partial charge is 0.269 e. The van der Waals surface area contributed by atoms with Crippen LogP contribution < -0.4 is 5.43 Å². The zero-order valence-electron chi connectivity index (χ0n) is 14.2. The lowest BCUT2D eigenvalue weighted by Gasteiger charge is -2.05. The number of hydrogen-bond acceptors (Lipinski definition) is 4. The molecule has 0 amide bonds. The topological polar surface area (TPSA) is 67.5 Å². The van der Waals surface area contributed by atoms with Gasteiger partial charge in [0, 0.05) is 22.7 Å². The highest BCUT2D eigenvalue weighted by Crippen LogP contribution is 2.15. The Morgan fingerprint density at radius 3 is 2.26 bits per heavy atom. The molecule has 134 valence electrons. The molecule has 5 nitrogen and oxygen atoms in total. The van der Waals surface area contributed by atoms with Gasteiger partial charge in [-0.15, -0.1) is 0 Å². The number of hydrogen-bond donors (Lipinski definition) is 1. The number of halogens is 1. The predicted molar refractivity (Wildman–Crippen MR) is 110 cm³/mol. The van der Waals surface area contributed by atoms with Crippen LogP contribution in [0.5, 0.6) is 0 Å². The Hall–Kier alpha value is -3.44. The van der Waals surface area contributed by atoms with Gasteiger partial charge in [0.25, 0.3) is 5.69 Å². The fourth-order valence-electron chi connectivity index (χ4n) is 2.34. The number of nitrogens with zero attached hydrogens (tertiary/aromatic N) is 2. The van der Waals surface area contributed by atoms with Crippen molar-refractivity contribution in [2.24, 2.45) is 5.10 Å². The fourth-order valence-corrected chi connectivity index (χ4v) is 2.46.